The molecule has 1 saturated carbocycles. The molecule has 1 fully saturated rings. The van der Waals surface area contributed by atoms with Crippen molar-refractivity contribution in [2.24, 2.45) is 17.3 Å². The molecule has 1 rings (SSSR count). The Bertz CT molecular complexity index is 296. The Hall–Kier alpha value is -1.10. The molecule has 3 atom stereocenters. The second-order valence-electron chi connectivity index (χ2n) is 4.91. The molecule has 0 aliphatic heterocycles. The van der Waals surface area contributed by atoms with E-state index in [0.717, 1.165) is 0 Å². The lowest BCUT2D eigenvalue weighted by molar-refractivity contribution is -0.140. The second-order valence-corrected chi connectivity index (χ2v) is 4.91. The Labute approximate surface area is 94.8 Å². The molecule has 0 spiro atoms. The van der Waals surface area contributed by atoms with Gasteiger partial charge in [0.05, 0.1) is 24.5 Å². The first kappa shape index (κ1) is 13.0. The number of aliphatic carboxylic acids is 1. The smallest absolute Gasteiger partial charge is 0.307 e. The monoisotopic (exact) mass is 229 g/mol. The summed E-state index contributed by atoms with van der Waals surface area (Å²) in [7, 11) is 0. The van der Waals surface area contributed by atoms with Gasteiger partial charge in [-0.2, -0.15) is 0 Å². The minimum absolute atomic E-state index is 0.118. The summed E-state index contributed by atoms with van der Waals surface area (Å²) < 4.78 is 0. The van der Waals surface area contributed by atoms with Gasteiger partial charge in [0.1, 0.15) is 0 Å². The molecule has 3 N–H and O–H groups in total. The first-order valence-corrected chi connectivity index (χ1v) is 5.50. The van der Waals surface area contributed by atoms with Gasteiger partial charge < -0.3 is 15.5 Å². The van der Waals surface area contributed by atoms with Crippen molar-refractivity contribution in [1.82, 2.24) is 5.32 Å². The topological polar surface area (TPSA) is 86.6 Å². The van der Waals surface area contributed by atoms with Gasteiger partial charge in [-0.1, -0.05) is 20.8 Å². The molecule has 16 heavy (non-hydrogen) atoms. The molecular formula is C11H19NO4. The summed E-state index contributed by atoms with van der Waals surface area (Å²) in [5.74, 6) is -2.28. The van der Waals surface area contributed by atoms with E-state index in [2.05, 4.69) is 5.32 Å². The zero-order chi connectivity index (χ0) is 12.5. The maximum atomic E-state index is 11.8. The Morgan fingerprint density at radius 2 is 1.94 bits per heavy atom. The molecule has 1 amide bonds. The maximum Gasteiger partial charge on any atom is 0.307 e. The highest BCUT2D eigenvalue weighted by molar-refractivity contribution is 5.91. The highest BCUT2D eigenvalue weighted by Gasteiger charge is 2.65. The van der Waals surface area contributed by atoms with Gasteiger partial charge in [-0.05, 0) is 11.8 Å². The fourth-order valence-electron chi connectivity index (χ4n) is 2.16. The number of rotatable bonds is 5. The Morgan fingerprint density at radius 1 is 1.38 bits per heavy atom. The van der Waals surface area contributed by atoms with Gasteiger partial charge in [0.15, 0.2) is 0 Å². The molecule has 3 unspecified atom stereocenters. The predicted octanol–water partition coefficient (Wildman–Crippen LogP) is 0.230. The summed E-state index contributed by atoms with van der Waals surface area (Å²) in [5, 5.41) is 20.5. The van der Waals surface area contributed by atoms with Gasteiger partial charge in [0.25, 0.3) is 0 Å². The van der Waals surface area contributed by atoms with E-state index in [0.29, 0.717) is 6.42 Å². The van der Waals surface area contributed by atoms with Gasteiger partial charge >= 0.3 is 5.97 Å². The highest BCUT2D eigenvalue weighted by Crippen LogP contribution is 2.58. The molecule has 5 nitrogen and oxygen atoms in total. The van der Waals surface area contributed by atoms with E-state index in [4.69, 9.17) is 10.2 Å². The zero-order valence-electron chi connectivity index (χ0n) is 9.86. The summed E-state index contributed by atoms with van der Waals surface area (Å²) in [6, 6.07) is -0.279. The van der Waals surface area contributed by atoms with Crippen molar-refractivity contribution in [2.75, 3.05) is 6.61 Å². The number of hydrogen-bond acceptors (Lipinski definition) is 3. The molecule has 1 aliphatic rings. The third-order valence-corrected chi connectivity index (χ3v) is 3.44. The average Bonchev–Trinajstić information content (AvgIpc) is 2.78. The number of aliphatic hydroxyl groups excluding tert-OH is 1. The summed E-state index contributed by atoms with van der Waals surface area (Å²) >= 11 is 0. The molecule has 0 aromatic rings. The standard InChI is InChI=1S/C11H19NO4/c1-4-6(5-13)12-9(14)7-8(10(15)16)11(7,2)3/h6-8,13H,4-5H2,1-3H3,(H,12,14)(H,15,16). The molecule has 0 radical (unpaired) electrons. The van der Waals surface area contributed by atoms with Crippen LogP contribution >= 0.6 is 0 Å². The second kappa shape index (κ2) is 4.41. The molecule has 0 heterocycles. The summed E-state index contributed by atoms with van der Waals surface area (Å²) in [5.41, 5.74) is -0.482. The number of hydrogen-bond donors (Lipinski definition) is 3. The minimum Gasteiger partial charge on any atom is -0.481 e. The summed E-state index contributed by atoms with van der Waals surface area (Å²) in [4.78, 5) is 22.7. The number of carbonyl (C=O) groups excluding carboxylic acids is 1. The van der Waals surface area contributed by atoms with Crippen molar-refractivity contribution in [1.29, 1.82) is 0 Å². The van der Waals surface area contributed by atoms with Gasteiger partial charge in [0.2, 0.25) is 5.91 Å². The van der Waals surface area contributed by atoms with Gasteiger partial charge in [0, 0.05) is 0 Å². The van der Waals surface area contributed by atoms with Crippen LogP contribution in [0.1, 0.15) is 27.2 Å². The van der Waals surface area contributed by atoms with Crippen LogP contribution in [0, 0.1) is 17.3 Å². The third kappa shape index (κ3) is 2.19. The lowest BCUT2D eigenvalue weighted by atomic mass is 10.1. The number of carboxylic acids is 1. The summed E-state index contributed by atoms with van der Waals surface area (Å²) in [6.45, 7) is 5.28. The molecular weight excluding hydrogens is 210 g/mol. The van der Waals surface area contributed by atoms with Crippen molar-refractivity contribution in [2.45, 2.75) is 33.2 Å². The zero-order valence-corrected chi connectivity index (χ0v) is 9.86. The van der Waals surface area contributed by atoms with Crippen LogP contribution in [0.25, 0.3) is 0 Å². The Balaban J connectivity index is 2.60. The van der Waals surface area contributed by atoms with Crippen molar-refractivity contribution < 1.29 is 19.8 Å². The lowest BCUT2D eigenvalue weighted by Crippen LogP contribution is -2.38. The van der Waals surface area contributed by atoms with Crippen LogP contribution in [0.5, 0.6) is 0 Å². The van der Waals surface area contributed by atoms with Crippen LogP contribution in [0.15, 0.2) is 0 Å². The van der Waals surface area contributed by atoms with E-state index >= 15 is 0 Å². The predicted molar refractivity (Wildman–Crippen MR) is 57.7 cm³/mol. The van der Waals surface area contributed by atoms with E-state index in [9.17, 15) is 9.59 Å². The first-order chi connectivity index (χ1) is 7.36. The van der Waals surface area contributed by atoms with Crippen LogP contribution in [-0.2, 0) is 9.59 Å². The highest BCUT2D eigenvalue weighted by atomic mass is 16.4. The minimum atomic E-state index is -0.929. The van der Waals surface area contributed by atoms with Crippen LogP contribution < -0.4 is 5.32 Å². The number of nitrogens with one attached hydrogen (secondary N) is 1. The lowest BCUT2D eigenvalue weighted by Gasteiger charge is -2.14. The largest absolute Gasteiger partial charge is 0.481 e. The van der Waals surface area contributed by atoms with Crippen LogP contribution in [-0.4, -0.2) is 34.7 Å². The molecule has 92 valence electrons. The van der Waals surface area contributed by atoms with Gasteiger partial charge in [-0.25, -0.2) is 0 Å². The SMILES string of the molecule is CCC(CO)NC(=O)C1C(C(=O)O)C1(C)C. The van der Waals surface area contributed by atoms with Crippen molar-refractivity contribution in [3.05, 3.63) is 0 Å². The molecule has 0 aromatic carbocycles. The van der Waals surface area contributed by atoms with E-state index < -0.39 is 23.2 Å². The van der Waals surface area contributed by atoms with E-state index in [1.54, 1.807) is 13.8 Å². The number of carbonyl (C=O) groups is 2. The molecule has 0 saturated heterocycles. The van der Waals surface area contributed by atoms with Crippen LogP contribution in [0.4, 0.5) is 0 Å². The third-order valence-electron chi connectivity index (χ3n) is 3.44. The van der Waals surface area contributed by atoms with E-state index in [-0.39, 0.29) is 18.6 Å². The fourth-order valence-corrected chi connectivity index (χ4v) is 2.16. The molecule has 0 bridgehead atoms. The van der Waals surface area contributed by atoms with Crippen molar-refractivity contribution in [3.63, 3.8) is 0 Å². The molecule has 0 aromatic heterocycles. The van der Waals surface area contributed by atoms with Crippen LogP contribution in [0.3, 0.4) is 0 Å². The fraction of sp³-hybridized carbons (Fsp3) is 0.818. The van der Waals surface area contributed by atoms with Crippen molar-refractivity contribution in [3.8, 4) is 0 Å². The van der Waals surface area contributed by atoms with E-state index in [1.807, 2.05) is 6.92 Å². The van der Waals surface area contributed by atoms with Gasteiger partial charge in [-0.3, -0.25) is 9.59 Å². The Morgan fingerprint density at radius 3 is 2.25 bits per heavy atom. The van der Waals surface area contributed by atoms with Crippen LogP contribution in [0.2, 0.25) is 0 Å². The van der Waals surface area contributed by atoms with Gasteiger partial charge in [-0.15, -0.1) is 0 Å². The maximum absolute atomic E-state index is 11.8. The number of aliphatic hydroxyl groups is 1. The molecule has 5 heteroatoms. The summed E-state index contributed by atoms with van der Waals surface area (Å²) in [6.07, 6.45) is 0.632. The Kier molecular flexibility index (Phi) is 3.57. The van der Waals surface area contributed by atoms with Crippen molar-refractivity contribution >= 4 is 11.9 Å². The number of amides is 1. The first-order valence-electron chi connectivity index (χ1n) is 5.50. The van der Waals surface area contributed by atoms with E-state index in [1.165, 1.54) is 0 Å². The average molecular weight is 229 g/mol. The quantitative estimate of drug-likeness (QED) is 0.630. The number of carboxylic acid groups (broad SMARTS) is 1. The molecule has 1 aliphatic carbocycles. The normalized spacial score (nSPS) is 28.2.